The Balaban J connectivity index is 0.980. The van der Waals surface area contributed by atoms with Crippen LogP contribution in [-0.4, -0.2) is 55.7 Å². The Morgan fingerprint density at radius 3 is 2.64 bits per heavy atom. The Morgan fingerprint density at radius 1 is 0.911 bits per heavy atom. The molecule has 2 heterocycles. The zero-order valence-electron chi connectivity index (χ0n) is 26.8. The molecule has 0 saturated carbocycles. The predicted octanol–water partition coefficient (Wildman–Crippen LogP) is 7.61. The summed E-state index contributed by atoms with van der Waals surface area (Å²) in [4.78, 5) is 20.8. The quantitative estimate of drug-likeness (QED) is 0.288. The first-order valence-electron chi connectivity index (χ1n) is 16.9. The molecule has 3 aromatic carbocycles. The van der Waals surface area contributed by atoms with E-state index in [9.17, 15) is 4.79 Å². The maximum absolute atomic E-state index is 13.9. The number of rotatable bonds is 8. The van der Waals surface area contributed by atoms with Crippen molar-refractivity contribution in [2.75, 3.05) is 47.8 Å². The number of anilines is 3. The molecule has 1 atom stereocenters. The number of nitrogens with zero attached hydrogens (tertiary/aromatic N) is 3. The van der Waals surface area contributed by atoms with Crippen molar-refractivity contribution in [2.24, 2.45) is 0 Å². The first-order chi connectivity index (χ1) is 22.0. The summed E-state index contributed by atoms with van der Waals surface area (Å²) in [6.07, 6.45) is 11.6. The van der Waals surface area contributed by atoms with Gasteiger partial charge in [-0.2, -0.15) is 0 Å². The molecule has 0 aromatic heterocycles. The Kier molecular flexibility index (Phi) is 8.66. The molecule has 0 spiro atoms. The molecule has 2 aliphatic heterocycles. The Labute approximate surface area is 268 Å². The smallest absolute Gasteiger partial charge is 0.258 e. The molecule has 2 aliphatic carbocycles. The fourth-order valence-electron chi connectivity index (χ4n) is 7.45. The average molecular weight is 603 g/mol. The van der Waals surface area contributed by atoms with Crippen LogP contribution in [0.1, 0.15) is 67.4 Å². The standard InChI is InChI=1S/C39H46N4O2/c1-28(2)45-38-13-6-5-12-36(38)42-22-20-41(21-23-42)27-29-8-7-11-33(24-29)39(44)43-19-18-31-15-17-35(26-37(31)43)40-34-16-14-30-9-3-4-10-32(30)25-34/h4-8,10-13,15,17,24,26,28,34,40H,3,9,14,16,18-23,25,27H2,1-2H3. The van der Waals surface area contributed by atoms with Gasteiger partial charge in [-0.15, -0.1) is 0 Å². The molecule has 1 N–H and O–H groups in total. The number of piperazine rings is 1. The van der Waals surface area contributed by atoms with Crippen LogP contribution in [0, 0.1) is 0 Å². The van der Waals surface area contributed by atoms with Gasteiger partial charge in [0.15, 0.2) is 0 Å². The molecule has 4 aliphatic rings. The first kappa shape index (κ1) is 29.7. The first-order valence-corrected chi connectivity index (χ1v) is 16.9. The van der Waals surface area contributed by atoms with Gasteiger partial charge < -0.3 is 19.9 Å². The summed E-state index contributed by atoms with van der Waals surface area (Å²) in [6.45, 7) is 9.57. The molecule has 0 bridgehead atoms. The van der Waals surface area contributed by atoms with Gasteiger partial charge in [-0.1, -0.05) is 48.1 Å². The van der Waals surface area contributed by atoms with Crippen molar-refractivity contribution >= 4 is 23.0 Å². The monoisotopic (exact) mass is 602 g/mol. The number of carbonyl (C=O) groups excluding carboxylic acids is 1. The maximum Gasteiger partial charge on any atom is 0.258 e. The number of allylic oxidation sites excluding steroid dienone is 3. The van der Waals surface area contributed by atoms with Gasteiger partial charge in [-0.05, 0) is 105 Å². The van der Waals surface area contributed by atoms with Crippen molar-refractivity contribution in [3.8, 4) is 5.75 Å². The van der Waals surface area contributed by atoms with E-state index in [-0.39, 0.29) is 12.0 Å². The van der Waals surface area contributed by atoms with Crippen LogP contribution in [0.15, 0.2) is 90.0 Å². The number of hydrogen-bond donors (Lipinski definition) is 1. The molecule has 45 heavy (non-hydrogen) atoms. The zero-order chi connectivity index (χ0) is 30.8. The van der Waals surface area contributed by atoms with Gasteiger partial charge in [0.05, 0.1) is 11.8 Å². The predicted molar refractivity (Wildman–Crippen MR) is 185 cm³/mol. The van der Waals surface area contributed by atoms with Gasteiger partial charge in [0.1, 0.15) is 5.75 Å². The molecular formula is C39H46N4O2. The number of carbonyl (C=O) groups is 1. The highest BCUT2D eigenvalue weighted by atomic mass is 16.5. The summed E-state index contributed by atoms with van der Waals surface area (Å²) in [5.74, 6) is 1.06. The number of nitrogens with one attached hydrogen (secondary N) is 1. The number of para-hydroxylation sites is 2. The summed E-state index contributed by atoms with van der Waals surface area (Å²) in [5.41, 5.74) is 9.76. The van der Waals surface area contributed by atoms with Crippen molar-refractivity contribution in [3.63, 3.8) is 0 Å². The van der Waals surface area contributed by atoms with Gasteiger partial charge in [0.2, 0.25) is 0 Å². The number of ether oxygens (including phenoxy) is 1. The van der Waals surface area contributed by atoms with E-state index in [1.54, 1.807) is 5.57 Å². The molecule has 0 radical (unpaired) electrons. The molecule has 3 aromatic rings. The number of fused-ring (bicyclic) bond motifs is 1. The third-order valence-corrected chi connectivity index (χ3v) is 9.76. The van der Waals surface area contributed by atoms with Crippen LogP contribution in [-0.2, 0) is 13.0 Å². The summed E-state index contributed by atoms with van der Waals surface area (Å²) >= 11 is 0. The van der Waals surface area contributed by atoms with Crippen molar-refractivity contribution < 1.29 is 9.53 Å². The fourth-order valence-corrected chi connectivity index (χ4v) is 7.45. The minimum Gasteiger partial charge on any atom is -0.489 e. The lowest BCUT2D eigenvalue weighted by Gasteiger charge is -2.37. The minimum absolute atomic E-state index is 0.0964. The number of benzene rings is 3. The third kappa shape index (κ3) is 6.67. The summed E-state index contributed by atoms with van der Waals surface area (Å²) in [5, 5.41) is 3.80. The van der Waals surface area contributed by atoms with E-state index in [2.05, 4.69) is 89.6 Å². The van der Waals surface area contributed by atoms with Crippen LogP contribution in [0.2, 0.25) is 0 Å². The largest absolute Gasteiger partial charge is 0.489 e. The van der Waals surface area contributed by atoms with Crippen LogP contribution in [0.4, 0.5) is 17.1 Å². The van der Waals surface area contributed by atoms with Crippen LogP contribution in [0.5, 0.6) is 5.75 Å². The number of amides is 1. The number of hydrogen-bond acceptors (Lipinski definition) is 5. The summed E-state index contributed by atoms with van der Waals surface area (Å²) in [7, 11) is 0. The zero-order valence-corrected chi connectivity index (χ0v) is 26.8. The molecule has 1 saturated heterocycles. The van der Waals surface area contributed by atoms with E-state index in [0.717, 1.165) is 74.8 Å². The molecule has 1 unspecified atom stereocenters. The van der Waals surface area contributed by atoms with E-state index in [1.807, 2.05) is 23.1 Å². The highest BCUT2D eigenvalue weighted by Gasteiger charge is 2.28. The van der Waals surface area contributed by atoms with Crippen molar-refractivity contribution in [3.05, 3.63) is 107 Å². The van der Waals surface area contributed by atoms with Gasteiger partial charge in [0.25, 0.3) is 5.91 Å². The van der Waals surface area contributed by atoms with E-state index < -0.39 is 0 Å². The second kappa shape index (κ2) is 13.1. The van der Waals surface area contributed by atoms with Crippen molar-refractivity contribution in [1.82, 2.24) is 4.90 Å². The van der Waals surface area contributed by atoms with E-state index >= 15 is 0 Å². The third-order valence-electron chi connectivity index (χ3n) is 9.76. The molecule has 6 nitrogen and oxygen atoms in total. The topological polar surface area (TPSA) is 48.1 Å². The minimum atomic E-state index is 0.0964. The van der Waals surface area contributed by atoms with Crippen molar-refractivity contribution in [2.45, 2.75) is 71.1 Å². The Morgan fingerprint density at radius 2 is 1.78 bits per heavy atom. The second-order valence-corrected chi connectivity index (χ2v) is 13.3. The van der Waals surface area contributed by atoms with Crippen LogP contribution < -0.4 is 19.9 Å². The highest BCUT2D eigenvalue weighted by Crippen LogP contribution is 2.36. The van der Waals surface area contributed by atoms with Gasteiger partial charge >= 0.3 is 0 Å². The van der Waals surface area contributed by atoms with E-state index in [0.29, 0.717) is 6.04 Å². The lowest BCUT2D eigenvalue weighted by molar-refractivity contribution is 0.0989. The van der Waals surface area contributed by atoms with Crippen LogP contribution in [0.25, 0.3) is 0 Å². The molecular weight excluding hydrogens is 556 g/mol. The Hall–Kier alpha value is -4.03. The lowest BCUT2D eigenvalue weighted by Crippen LogP contribution is -2.46. The Bertz CT molecular complexity index is 1600. The molecule has 1 amide bonds. The van der Waals surface area contributed by atoms with Crippen molar-refractivity contribution in [1.29, 1.82) is 0 Å². The summed E-state index contributed by atoms with van der Waals surface area (Å²) in [6, 6.07) is 23.7. The molecule has 6 heteroatoms. The normalized spacial score (nSPS) is 19.9. The molecule has 7 rings (SSSR count). The SMILES string of the molecule is CC(C)Oc1ccccc1N1CCN(Cc2cccc(C(=O)N3CCc4ccc(NC5CCC6=C(C=CCC6)C5)cc43)c2)CC1. The summed E-state index contributed by atoms with van der Waals surface area (Å²) < 4.78 is 6.08. The van der Waals surface area contributed by atoms with E-state index in [4.69, 9.17) is 4.74 Å². The maximum atomic E-state index is 13.9. The fraction of sp³-hybridized carbons (Fsp3) is 0.410. The van der Waals surface area contributed by atoms with Gasteiger partial charge in [0, 0.05) is 62.2 Å². The molecule has 1 fully saturated rings. The van der Waals surface area contributed by atoms with E-state index in [1.165, 1.54) is 48.1 Å². The second-order valence-electron chi connectivity index (χ2n) is 13.3. The lowest BCUT2D eigenvalue weighted by atomic mass is 9.83. The highest BCUT2D eigenvalue weighted by molar-refractivity contribution is 6.07. The van der Waals surface area contributed by atoms with Gasteiger partial charge in [-0.3, -0.25) is 9.69 Å². The van der Waals surface area contributed by atoms with Gasteiger partial charge in [-0.25, -0.2) is 0 Å². The van der Waals surface area contributed by atoms with Crippen LogP contribution in [0.3, 0.4) is 0 Å². The van der Waals surface area contributed by atoms with Crippen LogP contribution >= 0.6 is 0 Å². The molecule has 234 valence electrons. The average Bonchev–Trinajstić information content (AvgIpc) is 3.48.